The molecule has 19 heavy (non-hydrogen) atoms. The highest BCUT2D eigenvalue weighted by Crippen LogP contribution is 2.20. The van der Waals surface area contributed by atoms with Gasteiger partial charge in [0.05, 0.1) is 0 Å². The number of piperazine rings is 1. The molecular weight excluding hydrogens is 268 g/mol. The maximum atomic E-state index is 12.3. The van der Waals surface area contributed by atoms with Crippen LogP contribution in [0.4, 0.5) is 5.82 Å². The molecule has 2 heterocycles. The molecule has 0 unspecified atom stereocenters. The van der Waals surface area contributed by atoms with Gasteiger partial charge in [0, 0.05) is 13.1 Å². The van der Waals surface area contributed by atoms with Crippen LogP contribution in [0.2, 0.25) is 0 Å². The van der Waals surface area contributed by atoms with Crippen LogP contribution in [0.3, 0.4) is 0 Å². The molecule has 0 atom stereocenters. The van der Waals surface area contributed by atoms with Gasteiger partial charge in [-0.1, -0.05) is 6.07 Å². The lowest BCUT2D eigenvalue weighted by molar-refractivity contribution is -0.133. The molecule has 104 valence electrons. The quantitative estimate of drug-likeness (QED) is 0.783. The SMILES string of the molecule is CC1(C)C(=O)NCCN1C(=O)c1cccc(N)n1.Cl. The van der Waals surface area contributed by atoms with Crippen molar-refractivity contribution in [3.05, 3.63) is 23.9 Å². The van der Waals surface area contributed by atoms with Gasteiger partial charge < -0.3 is 16.0 Å². The van der Waals surface area contributed by atoms with E-state index in [0.717, 1.165) is 0 Å². The monoisotopic (exact) mass is 284 g/mol. The van der Waals surface area contributed by atoms with Crippen molar-refractivity contribution in [1.29, 1.82) is 0 Å². The van der Waals surface area contributed by atoms with E-state index in [0.29, 0.717) is 18.9 Å². The summed E-state index contributed by atoms with van der Waals surface area (Å²) in [5.41, 5.74) is 4.95. The van der Waals surface area contributed by atoms with Crippen molar-refractivity contribution in [1.82, 2.24) is 15.2 Å². The molecule has 0 bridgehead atoms. The Morgan fingerprint density at radius 3 is 2.79 bits per heavy atom. The van der Waals surface area contributed by atoms with Crippen LogP contribution < -0.4 is 11.1 Å². The number of pyridine rings is 1. The van der Waals surface area contributed by atoms with Gasteiger partial charge in [0.25, 0.3) is 5.91 Å². The molecule has 1 aliphatic heterocycles. The van der Waals surface area contributed by atoms with Crippen LogP contribution in [0.25, 0.3) is 0 Å². The van der Waals surface area contributed by atoms with Gasteiger partial charge in [-0.05, 0) is 26.0 Å². The van der Waals surface area contributed by atoms with Gasteiger partial charge in [-0.2, -0.15) is 0 Å². The van der Waals surface area contributed by atoms with Gasteiger partial charge in [0.15, 0.2) is 0 Å². The zero-order valence-electron chi connectivity index (χ0n) is 10.8. The fraction of sp³-hybridized carbons (Fsp3) is 0.417. The second-order valence-electron chi connectivity index (χ2n) is 4.72. The molecule has 0 aromatic carbocycles. The molecule has 0 spiro atoms. The van der Waals surface area contributed by atoms with Crippen LogP contribution in [0.5, 0.6) is 0 Å². The average Bonchev–Trinajstić information content (AvgIpc) is 2.32. The lowest BCUT2D eigenvalue weighted by Crippen LogP contribution is -2.63. The van der Waals surface area contributed by atoms with E-state index in [9.17, 15) is 9.59 Å². The van der Waals surface area contributed by atoms with Crippen molar-refractivity contribution in [3.8, 4) is 0 Å². The highest BCUT2D eigenvalue weighted by Gasteiger charge is 2.41. The molecule has 0 aliphatic carbocycles. The first-order valence-corrected chi connectivity index (χ1v) is 5.76. The van der Waals surface area contributed by atoms with Crippen molar-refractivity contribution in [3.63, 3.8) is 0 Å². The van der Waals surface area contributed by atoms with Gasteiger partial charge in [-0.3, -0.25) is 9.59 Å². The fourth-order valence-corrected chi connectivity index (χ4v) is 1.96. The Morgan fingerprint density at radius 2 is 2.16 bits per heavy atom. The maximum absolute atomic E-state index is 12.3. The van der Waals surface area contributed by atoms with Gasteiger partial charge in [-0.15, -0.1) is 12.4 Å². The molecular formula is C12H17ClN4O2. The number of hydrogen-bond acceptors (Lipinski definition) is 4. The molecule has 1 fully saturated rings. The van der Waals surface area contributed by atoms with Crippen LogP contribution in [0.1, 0.15) is 24.3 Å². The zero-order chi connectivity index (χ0) is 13.3. The van der Waals surface area contributed by atoms with Gasteiger partial charge >= 0.3 is 0 Å². The maximum Gasteiger partial charge on any atom is 0.273 e. The van der Waals surface area contributed by atoms with Crippen molar-refractivity contribution < 1.29 is 9.59 Å². The third-order valence-corrected chi connectivity index (χ3v) is 3.09. The molecule has 2 amide bonds. The predicted molar refractivity (Wildman–Crippen MR) is 74.0 cm³/mol. The summed E-state index contributed by atoms with van der Waals surface area (Å²) in [4.78, 5) is 29.6. The Balaban J connectivity index is 0.00000180. The van der Waals surface area contributed by atoms with Crippen molar-refractivity contribution in [2.24, 2.45) is 0 Å². The number of anilines is 1. The van der Waals surface area contributed by atoms with Crippen LogP contribution in [0.15, 0.2) is 18.2 Å². The summed E-state index contributed by atoms with van der Waals surface area (Å²) < 4.78 is 0. The molecule has 0 saturated carbocycles. The number of amides is 2. The lowest BCUT2D eigenvalue weighted by Gasteiger charge is -2.40. The number of carbonyl (C=O) groups is 2. The minimum atomic E-state index is -0.873. The number of halogens is 1. The van der Waals surface area contributed by atoms with E-state index in [1.54, 1.807) is 32.0 Å². The van der Waals surface area contributed by atoms with Gasteiger partial charge in [0.2, 0.25) is 5.91 Å². The molecule has 1 aromatic rings. The highest BCUT2D eigenvalue weighted by molar-refractivity contribution is 5.98. The lowest BCUT2D eigenvalue weighted by atomic mass is 9.98. The second kappa shape index (κ2) is 5.44. The number of nitrogens with zero attached hydrogens (tertiary/aromatic N) is 2. The first-order chi connectivity index (χ1) is 8.43. The van der Waals surface area contributed by atoms with Gasteiger partial charge in [-0.25, -0.2) is 4.98 Å². The zero-order valence-corrected chi connectivity index (χ0v) is 11.7. The predicted octanol–water partition coefficient (Wildman–Crippen LogP) is 0.436. The van der Waals surface area contributed by atoms with Gasteiger partial charge in [0.1, 0.15) is 17.1 Å². The summed E-state index contributed by atoms with van der Waals surface area (Å²) in [6, 6.07) is 4.89. The molecule has 1 aliphatic rings. The normalized spacial score (nSPS) is 17.4. The topological polar surface area (TPSA) is 88.3 Å². The second-order valence-corrected chi connectivity index (χ2v) is 4.72. The number of hydrogen-bond donors (Lipinski definition) is 2. The molecule has 0 radical (unpaired) electrons. The van der Waals surface area contributed by atoms with Crippen molar-refractivity contribution >= 4 is 30.0 Å². The fourth-order valence-electron chi connectivity index (χ4n) is 1.96. The smallest absolute Gasteiger partial charge is 0.273 e. The summed E-state index contributed by atoms with van der Waals surface area (Å²) >= 11 is 0. The third-order valence-electron chi connectivity index (χ3n) is 3.09. The summed E-state index contributed by atoms with van der Waals surface area (Å²) in [6.45, 7) is 4.35. The van der Waals surface area contributed by atoms with E-state index in [1.165, 1.54) is 4.90 Å². The molecule has 6 nitrogen and oxygen atoms in total. The highest BCUT2D eigenvalue weighted by atomic mass is 35.5. The van der Waals surface area contributed by atoms with E-state index in [-0.39, 0.29) is 29.9 Å². The number of carbonyl (C=O) groups excluding carboxylic acids is 2. The Kier molecular flexibility index (Phi) is 4.36. The Bertz CT molecular complexity index is 504. The number of nitrogens with two attached hydrogens (primary N) is 1. The summed E-state index contributed by atoms with van der Waals surface area (Å²) in [6.07, 6.45) is 0. The van der Waals surface area contributed by atoms with Crippen molar-refractivity contribution in [2.45, 2.75) is 19.4 Å². The van der Waals surface area contributed by atoms with Crippen LogP contribution >= 0.6 is 12.4 Å². The number of nitrogen functional groups attached to an aromatic ring is 1. The number of rotatable bonds is 1. The van der Waals surface area contributed by atoms with E-state index < -0.39 is 5.54 Å². The summed E-state index contributed by atoms with van der Waals surface area (Å²) in [7, 11) is 0. The largest absolute Gasteiger partial charge is 0.384 e. The van der Waals surface area contributed by atoms with Crippen LogP contribution in [0, 0.1) is 0 Å². The number of aromatic nitrogens is 1. The summed E-state index contributed by atoms with van der Waals surface area (Å²) in [5.74, 6) is -0.145. The summed E-state index contributed by atoms with van der Waals surface area (Å²) in [5, 5.41) is 2.74. The van der Waals surface area contributed by atoms with E-state index in [2.05, 4.69) is 10.3 Å². The standard InChI is InChI=1S/C12H16N4O2.ClH/c1-12(2)11(18)14-6-7-16(12)10(17)8-4-3-5-9(13)15-8;/h3-5H,6-7H2,1-2H3,(H2,13,15)(H,14,18);1H. The van der Waals surface area contributed by atoms with E-state index >= 15 is 0 Å². The van der Waals surface area contributed by atoms with Crippen molar-refractivity contribution in [2.75, 3.05) is 18.8 Å². The number of nitrogens with one attached hydrogen (secondary N) is 1. The Morgan fingerprint density at radius 1 is 1.47 bits per heavy atom. The molecule has 3 N–H and O–H groups in total. The average molecular weight is 285 g/mol. The van der Waals surface area contributed by atoms with Crippen LogP contribution in [-0.4, -0.2) is 40.3 Å². The Hall–Kier alpha value is -1.82. The van der Waals surface area contributed by atoms with E-state index in [1.807, 2.05) is 0 Å². The Labute approximate surface area is 117 Å². The molecule has 1 aromatic heterocycles. The first kappa shape index (κ1) is 15.2. The first-order valence-electron chi connectivity index (χ1n) is 5.76. The third kappa shape index (κ3) is 2.78. The minimum Gasteiger partial charge on any atom is -0.384 e. The van der Waals surface area contributed by atoms with Crippen LogP contribution in [-0.2, 0) is 4.79 Å². The van der Waals surface area contributed by atoms with E-state index in [4.69, 9.17) is 5.73 Å². The molecule has 2 rings (SSSR count). The minimum absolute atomic E-state index is 0. The molecule has 1 saturated heterocycles. The molecule has 7 heteroatoms.